The minimum Gasteiger partial charge on any atom is -0.378 e. The topological polar surface area (TPSA) is 91.9 Å². The Hall–Kier alpha value is -2.79. The van der Waals surface area contributed by atoms with Crippen molar-refractivity contribution in [3.05, 3.63) is 82.3 Å². The second-order valence-electron chi connectivity index (χ2n) is 8.28. The molecular weight excluding hydrogens is 534 g/mol. The van der Waals surface area contributed by atoms with Crippen LogP contribution in [0.5, 0.6) is 0 Å². The molecule has 174 valence electrons. The van der Waals surface area contributed by atoms with Crippen molar-refractivity contribution in [2.45, 2.75) is 17.4 Å². The fourth-order valence-corrected chi connectivity index (χ4v) is 5.81. The zero-order valence-electron chi connectivity index (χ0n) is 18.5. The van der Waals surface area contributed by atoms with Crippen molar-refractivity contribution in [3.8, 4) is 0 Å². The summed E-state index contributed by atoms with van der Waals surface area (Å²) in [5.74, 6) is 0. The third-order valence-corrected chi connectivity index (χ3v) is 8.20. The SMILES string of the molecule is CN(C)c1ccc(C2CC(c3ccc(Br)cc3)=NN2c2nc3ccc(S(N)(=O)=O)cc3s2)cc1. The average molecular weight is 557 g/mol. The predicted octanol–water partition coefficient (Wildman–Crippen LogP) is 5.13. The number of benzene rings is 3. The summed E-state index contributed by atoms with van der Waals surface area (Å²) in [5.41, 5.74) is 4.99. The second-order valence-corrected chi connectivity index (χ2v) is 11.8. The summed E-state index contributed by atoms with van der Waals surface area (Å²) < 4.78 is 25.4. The molecule has 0 radical (unpaired) electrons. The van der Waals surface area contributed by atoms with E-state index in [-0.39, 0.29) is 10.9 Å². The zero-order valence-corrected chi connectivity index (χ0v) is 21.7. The minimum absolute atomic E-state index is 0.0341. The van der Waals surface area contributed by atoms with Crippen LogP contribution >= 0.6 is 27.3 Å². The van der Waals surface area contributed by atoms with Crippen LogP contribution in [0.25, 0.3) is 10.2 Å². The number of hydrogen-bond acceptors (Lipinski definition) is 7. The number of sulfonamides is 1. The highest BCUT2D eigenvalue weighted by molar-refractivity contribution is 9.10. The summed E-state index contributed by atoms with van der Waals surface area (Å²) in [7, 11) is 0.245. The van der Waals surface area contributed by atoms with Crippen molar-refractivity contribution in [2.24, 2.45) is 10.2 Å². The highest BCUT2D eigenvalue weighted by Gasteiger charge is 2.32. The molecule has 7 nitrogen and oxygen atoms in total. The molecule has 34 heavy (non-hydrogen) atoms. The van der Waals surface area contributed by atoms with Crippen molar-refractivity contribution >= 4 is 64.0 Å². The van der Waals surface area contributed by atoms with Crippen LogP contribution in [-0.2, 0) is 10.0 Å². The Morgan fingerprint density at radius 2 is 1.76 bits per heavy atom. The van der Waals surface area contributed by atoms with E-state index in [9.17, 15) is 8.42 Å². The first-order valence-electron chi connectivity index (χ1n) is 10.5. The Labute approximate surface area is 210 Å². The van der Waals surface area contributed by atoms with Crippen LogP contribution in [0.3, 0.4) is 0 Å². The molecule has 0 amide bonds. The largest absolute Gasteiger partial charge is 0.378 e. The molecule has 0 fully saturated rings. The maximum absolute atomic E-state index is 11.8. The molecule has 1 aromatic heterocycles. The molecule has 4 aromatic rings. The normalized spacial score (nSPS) is 16.2. The Morgan fingerprint density at radius 3 is 2.41 bits per heavy atom. The molecule has 0 spiro atoms. The summed E-state index contributed by atoms with van der Waals surface area (Å²) >= 11 is 4.90. The van der Waals surface area contributed by atoms with Gasteiger partial charge >= 0.3 is 0 Å². The third kappa shape index (κ3) is 4.46. The first-order valence-corrected chi connectivity index (χ1v) is 13.7. The second kappa shape index (κ2) is 8.77. The lowest BCUT2D eigenvalue weighted by Gasteiger charge is -2.22. The molecule has 1 unspecified atom stereocenters. The smallest absolute Gasteiger partial charge is 0.238 e. The molecule has 2 N–H and O–H groups in total. The van der Waals surface area contributed by atoms with Crippen LogP contribution < -0.4 is 15.0 Å². The van der Waals surface area contributed by atoms with Crippen LogP contribution in [0.4, 0.5) is 10.8 Å². The van der Waals surface area contributed by atoms with Crippen molar-refractivity contribution in [3.63, 3.8) is 0 Å². The number of nitrogens with zero attached hydrogens (tertiary/aromatic N) is 4. The Morgan fingerprint density at radius 1 is 1.06 bits per heavy atom. The van der Waals surface area contributed by atoms with Gasteiger partial charge in [0.1, 0.15) is 0 Å². The van der Waals surface area contributed by atoms with Gasteiger partial charge in [0.05, 0.1) is 26.9 Å². The van der Waals surface area contributed by atoms with Gasteiger partial charge in [0.15, 0.2) is 0 Å². The van der Waals surface area contributed by atoms with Crippen LogP contribution in [-0.4, -0.2) is 33.2 Å². The summed E-state index contributed by atoms with van der Waals surface area (Å²) in [6, 6.07) is 21.3. The fourth-order valence-electron chi connectivity index (χ4n) is 3.93. The van der Waals surface area contributed by atoms with E-state index < -0.39 is 10.0 Å². The van der Waals surface area contributed by atoms with Crippen molar-refractivity contribution in [1.82, 2.24) is 4.98 Å². The average Bonchev–Trinajstić information content (AvgIpc) is 3.43. The van der Waals surface area contributed by atoms with Gasteiger partial charge in [0, 0.05) is 30.7 Å². The van der Waals surface area contributed by atoms with Gasteiger partial charge in [-0.2, -0.15) is 5.10 Å². The van der Waals surface area contributed by atoms with E-state index in [4.69, 9.17) is 15.2 Å². The highest BCUT2D eigenvalue weighted by Crippen LogP contribution is 2.41. The van der Waals surface area contributed by atoms with Gasteiger partial charge in [0.25, 0.3) is 0 Å². The van der Waals surface area contributed by atoms with Crippen molar-refractivity contribution < 1.29 is 8.42 Å². The first-order chi connectivity index (χ1) is 16.2. The van der Waals surface area contributed by atoms with Gasteiger partial charge < -0.3 is 4.90 Å². The molecule has 3 aromatic carbocycles. The molecule has 1 atom stereocenters. The molecule has 0 bridgehead atoms. The van der Waals surface area contributed by atoms with Crippen molar-refractivity contribution in [2.75, 3.05) is 24.0 Å². The number of primary sulfonamides is 1. The molecule has 10 heteroatoms. The lowest BCUT2D eigenvalue weighted by molar-refractivity contribution is 0.598. The molecule has 2 heterocycles. The third-order valence-electron chi connectivity index (χ3n) is 5.76. The fraction of sp³-hybridized carbons (Fsp3) is 0.167. The molecule has 0 aliphatic carbocycles. The standard InChI is InChI=1S/C24H22BrN5O2S2/c1-29(2)18-9-5-16(6-10-18)22-14-21(15-3-7-17(25)8-4-15)28-30(22)24-27-20-12-11-19(34(26,31)32)13-23(20)33-24/h3-13,22H,14H2,1-2H3,(H2,26,31,32). The van der Waals surface area contributed by atoms with E-state index in [0.717, 1.165) is 38.1 Å². The van der Waals surface area contributed by atoms with E-state index >= 15 is 0 Å². The quantitative estimate of drug-likeness (QED) is 0.368. The number of thiazole rings is 1. The van der Waals surface area contributed by atoms with Gasteiger partial charge in [-0.05, 0) is 53.6 Å². The number of hydrogen-bond donors (Lipinski definition) is 1. The first kappa shape index (κ1) is 23.0. The molecule has 0 saturated carbocycles. The molecule has 1 aliphatic rings. The van der Waals surface area contributed by atoms with Gasteiger partial charge in [-0.3, -0.25) is 0 Å². The number of anilines is 2. The van der Waals surface area contributed by atoms with Crippen LogP contribution in [0.15, 0.2) is 81.2 Å². The molecule has 5 rings (SSSR count). The maximum atomic E-state index is 11.8. The number of aromatic nitrogens is 1. The molecular formula is C24H22BrN5O2S2. The Balaban J connectivity index is 1.58. The predicted molar refractivity (Wildman–Crippen MR) is 142 cm³/mol. The summed E-state index contributed by atoms with van der Waals surface area (Å²) in [6.07, 6.45) is 0.724. The van der Waals surface area contributed by atoms with E-state index in [2.05, 4.69) is 57.2 Å². The highest BCUT2D eigenvalue weighted by atomic mass is 79.9. The summed E-state index contributed by atoms with van der Waals surface area (Å²) in [4.78, 5) is 6.91. The minimum atomic E-state index is -3.79. The van der Waals surface area contributed by atoms with E-state index in [1.54, 1.807) is 12.1 Å². The van der Waals surface area contributed by atoms with Gasteiger partial charge in [-0.25, -0.2) is 23.5 Å². The summed E-state index contributed by atoms with van der Waals surface area (Å²) in [5, 5.41) is 12.9. The number of hydrazone groups is 1. The van der Waals surface area contributed by atoms with E-state index in [1.807, 2.05) is 31.2 Å². The van der Waals surface area contributed by atoms with Crippen molar-refractivity contribution in [1.29, 1.82) is 0 Å². The molecule has 0 saturated heterocycles. The van der Waals surface area contributed by atoms with Crippen LogP contribution in [0.2, 0.25) is 0 Å². The van der Waals surface area contributed by atoms with Crippen LogP contribution in [0, 0.1) is 0 Å². The lowest BCUT2D eigenvalue weighted by Crippen LogP contribution is -2.18. The van der Waals surface area contributed by atoms with E-state index in [0.29, 0.717) is 10.6 Å². The maximum Gasteiger partial charge on any atom is 0.238 e. The number of rotatable bonds is 5. The number of fused-ring (bicyclic) bond motifs is 1. The van der Waals surface area contributed by atoms with E-state index in [1.165, 1.54) is 17.4 Å². The zero-order chi connectivity index (χ0) is 24.0. The Kier molecular flexibility index (Phi) is 5.93. The van der Waals surface area contributed by atoms with Crippen LogP contribution in [0.1, 0.15) is 23.6 Å². The molecule has 1 aliphatic heterocycles. The van der Waals surface area contributed by atoms with Gasteiger partial charge in [0.2, 0.25) is 15.2 Å². The Bertz CT molecular complexity index is 1500. The monoisotopic (exact) mass is 555 g/mol. The number of halogens is 1. The number of nitrogens with two attached hydrogens (primary N) is 1. The van der Waals surface area contributed by atoms with Gasteiger partial charge in [-0.15, -0.1) is 0 Å². The lowest BCUT2D eigenvalue weighted by atomic mass is 9.98. The van der Waals surface area contributed by atoms with Gasteiger partial charge in [-0.1, -0.05) is 51.5 Å². The summed E-state index contributed by atoms with van der Waals surface area (Å²) in [6.45, 7) is 0.